The minimum Gasteiger partial charge on any atom is -0.493 e. The Kier molecular flexibility index (Phi) is 4.61. The third-order valence-electron chi connectivity index (χ3n) is 4.07. The molecular weight excluding hydrogens is 336 g/mol. The van der Waals surface area contributed by atoms with Gasteiger partial charge in [0.1, 0.15) is 0 Å². The summed E-state index contributed by atoms with van der Waals surface area (Å²) in [7, 11) is 3.10. The number of nitrogens with one attached hydrogen (secondary N) is 1. The quantitative estimate of drug-likeness (QED) is 0.712. The lowest BCUT2D eigenvalue weighted by Crippen LogP contribution is -2.17. The molecule has 9 heteroatoms. The summed E-state index contributed by atoms with van der Waals surface area (Å²) in [5.41, 5.74) is 8.51. The number of aromatic nitrogens is 4. The van der Waals surface area contributed by atoms with Gasteiger partial charge in [0, 0.05) is 28.7 Å². The largest absolute Gasteiger partial charge is 0.493 e. The SMILES string of the molecule is COc1ccc(NC(=O)Cc2c(C)nc3nc(N)nn3c2C)cc1OC. The Bertz CT molecular complexity index is 982. The predicted octanol–water partition coefficient (Wildman–Crippen LogP) is 1.52. The standard InChI is InChI=1S/C17H20N6O3/c1-9-12(10(2)23-17(19-9)21-16(18)22-23)8-15(24)20-11-5-6-13(25-3)14(7-11)26-4/h5-7H,8H2,1-4H3,(H2,18,22)(H,20,24). The fourth-order valence-electron chi connectivity index (χ4n) is 2.76. The number of nitrogens with zero attached hydrogens (tertiary/aromatic N) is 4. The molecule has 3 rings (SSSR count). The van der Waals surface area contributed by atoms with Crippen LogP contribution >= 0.6 is 0 Å². The van der Waals surface area contributed by atoms with E-state index in [0.717, 1.165) is 11.3 Å². The molecule has 0 spiro atoms. The van der Waals surface area contributed by atoms with Crippen LogP contribution in [0.25, 0.3) is 5.78 Å². The van der Waals surface area contributed by atoms with Crippen molar-refractivity contribution in [3.63, 3.8) is 0 Å². The lowest BCUT2D eigenvalue weighted by Gasteiger charge is -2.12. The van der Waals surface area contributed by atoms with Gasteiger partial charge in [-0.1, -0.05) is 0 Å². The summed E-state index contributed by atoms with van der Waals surface area (Å²) in [5.74, 6) is 1.51. The highest BCUT2D eigenvalue weighted by molar-refractivity contribution is 5.92. The lowest BCUT2D eigenvalue weighted by atomic mass is 10.1. The van der Waals surface area contributed by atoms with Gasteiger partial charge in [0.05, 0.1) is 20.6 Å². The third kappa shape index (κ3) is 3.23. The Labute approximate surface area is 150 Å². The molecule has 26 heavy (non-hydrogen) atoms. The van der Waals surface area contributed by atoms with E-state index >= 15 is 0 Å². The molecule has 0 aliphatic rings. The number of methoxy groups -OCH3 is 2. The van der Waals surface area contributed by atoms with Crippen molar-refractivity contribution in [2.75, 3.05) is 25.3 Å². The molecular formula is C17H20N6O3. The highest BCUT2D eigenvalue weighted by Crippen LogP contribution is 2.29. The molecule has 2 aromatic heterocycles. The van der Waals surface area contributed by atoms with Gasteiger partial charge in [-0.2, -0.15) is 9.50 Å². The van der Waals surface area contributed by atoms with Crippen LogP contribution in [0.4, 0.5) is 11.6 Å². The van der Waals surface area contributed by atoms with Gasteiger partial charge < -0.3 is 20.5 Å². The Morgan fingerprint density at radius 2 is 1.92 bits per heavy atom. The molecule has 0 aliphatic heterocycles. The average Bonchev–Trinajstić information content (AvgIpc) is 2.98. The predicted molar refractivity (Wildman–Crippen MR) is 96.5 cm³/mol. The van der Waals surface area contributed by atoms with E-state index in [1.807, 2.05) is 13.8 Å². The minimum atomic E-state index is -0.183. The maximum atomic E-state index is 12.5. The Morgan fingerprint density at radius 3 is 2.62 bits per heavy atom. The molecule has 0 saturated heterocycles. The lowest BCUT2D eigenvalue weighted by molar-refractivity contribution is -0.115. The molecule has 0 unspecified atom stereocenters. The number of benzene rings is 1. The first-order valence-corrected chi connectivity index (χ1v) is 7.93. The number of ether oxygens (including phenoxy) is 2. The van der Waals surface area contributed by atoms with E-state index in [4.69, 9.17) is 15.2 Å². The van der Waals surface area contributed by atoms with E-state index in [0.29, 0.717) is 28.7 Å². The zero-order valence-corrected chi connectivity index (χ0v) is 15.0. The number of fused-ring (bicyclic) bond motifs is 1. The molecule has 1 amide bonds. The van der Waals surface area contributed by atoms with Crippen LogP contribution in [0, 0.1) is 13.8 Å². The van der Waals surface area contributed by atoms with Crippen molar-refractivity contribution >= 4 is 23.3 Å². The highest BCUT2D eigenvalue weighted by Gasteiger charge is 2.16. The number of nitrogen functional groups attached to an aromatic ring is 1. The molecule has 3 N–H and O–H groups in total. The van der Waals surface area contributed by atoms with E-state index in [1.54, 1.807) is 36.9 Å². The summed E-state index contributed by atoms with van der Waals surface area (Å²) in [6, 6.07) is 5.19. The topological polar surface area (TPSA) is 117 Å². The number of amides is 1. The number of aryl methyl sites for hydroxylation is 2. The summed E-state index contributed by atoms with van der Waals surface area (Å²) in [6.45, 7) is 3.69. The van der Waals surface area contributed by atoms with Gasteiger partial charge in [0.2, 0.25) is 11.9 Å². The van der Waals surface area contributed by atoms with Gasteiger partial charge in [-0.05, 0) is 26.0 Å². The second-order valence-electron chi connectivity index (χ2n) is 5.74. The summed E-state index contributed by atoms with van der Waals surface area (Å²) in [5, 5.41) is 6.96. The maximum absolute atomic E-state index is 12.5. The molecule has 0 radical (unpaired) electrons. The summed E-state index contributed by atoms with van der Waals surface area (Å²) in [6.07, 6.45) is 0.148. The molecule has 0 aliphatic carbocycles. The number of carbonyl (C=O) groups excluding carboxylic acids is 1. The molecule has 136 valence electrons. The van der Waals surface area contributed by atoms with Gasteiger partial charge in [-0.3, -0.25) is 4.79 Å². The van der Waals surface area contributed by atoms with E-state index < -0.39 is 0 Å². The van der Waals surface area contributed by atoms with Crippen LogP contribution in [0.3, 0.4) is 0 Å². The first-order chi connectivity index (χ1) is 12.4. The minimum absolute atomic E-state index is 0.145. The van der Waals surface area contributed by atoms with Crippen LogP contribution < -0.4 is 20.5 Å². The Morgan fingerprint density at radius 1 is 1.19 bits per heavy atom. The zero-order valence-electron chi connectivity index (χ0n) is 15.0. The van der Waals surface area contributed by atoms with Gasteiger partial charge in [-0.15, -0.1) is 5.10 Å². The molecule has 1 aromatic carbocycles. The summed E-state index contributed by atoms with van der Waals surface area (Å²) >= 11 is 0. The van der Waals surface area contributed by atoms with Crippen molar-refractivity contribution in [2.45, 2.75) is 20.3 Å². The fraction of sp³-hybridized carbons (Fsp3) is 0.294. The second-order valence-corrected chi connectivity index (χ2v) is 5.74. The maximum Gasteiger partial charge on any atom is 0.254 e. The van der Waals surface area contributed by atoms with Gasteiger partial charge in [-0.25, -0.2) is 4.98 Å². The molecule has 0 atom stereocenters. The fourth-order valence-corrected chi connectivity index (χ4v) is 2.76. The summed E-state index contributed by atoms with van der Waals surface area (Å²) < 4.78 is 12.0. The number of anilines is 2. The normalized spacial score (nSPS) is 10.8. The first-order valence-electron chi connectivity index (χ1n) is 7.93. The molecule has 9 nitrogen and oxygen atoms in total. The number of carbonyl (C=O) groups is 1. The van der Waals surface area contributed by atoms with Crippen LogP contribution in [0.15, 0.2) is 18.2 Å². The second kappa shape index (κ2) is 6.87. The number of hydrogen-bond donors (Lipinski definition) is 2. The molecule has 0 fully saturated rings. The van der Waals surface area contributed by atoms with Crippen LogP contribution in [0.1, 0.15) is 17.0 Å². The highest BCUT2D eigenvalue weighted by atomic mass is 16.5. The number of rotatable bonds is 5. The van der Waals surface area contributed by atoms with Crippen LogP contribution in [-0.4, -0.2) is 39.7 Å². The van der Waals surface area contributed by atoms with Crippen LogP contribution in [0.5, 0.6) is 11.5 Å². The van der Waals surface area contributed by atoms with Crippen LogP contribution in [-0.2, 0) is 11.2 Å². The first kappa shape index (κ1) is 17.5. The Hall–Kier alpha value is -3.36. The summed E-state index contributed by atoms with van der Waals surface area (Å²) in [4.78, 5) is 20.9. The average molecular weight is 356 g/mol. The molecule has 0 bridgehead atoms. The van der Waals surface area contributed by atoms with E-state index in [-0.39, 0.29) is 18.3 Å². The molecule has 0 saturated carbocycles. The van der Waals surface area contributed by atoms with Gasteiger partial charge in [0.25, 0.3) is 5.78 Å². The van der Waals surface area contributed by atoms with Crippen molar-refractivity contribution < 1.29 is 14.3 Å². The smallest absolute Gasteiger partial charge is 0.254 e. The van der Waals surface area contributed by atoms with E-state index in [2.05, 4.69) is 20.4 Å². The Balaban J connectivity index is 1.83. The van der Waals surface area contributed by atoms with Crippen molar-refractivity contribution in [2.24, 2.45) is 0 Å². The number of nitrogens with two attached hydrogens (primary N) is 1. The van der Waals surface area contributed by atoms with Gasteiger partial charge in [0.15, 0.2) is 11.5 Å². The molecule has 3 aromatic rings. The molecule has 2 heterocycles. The van der Waals surface area contributed by atoms with Gasteiger partial charge >= 0.3 is 0 Å². The number of hydrogen-bond acceptors (Lipinski definition) is 7. The van der Waals surface area contributed by atoms with Crippen molar-refractivity contribution in [3.05, 3.63) is 35.2 Å². The van der Waals surface area contributed by atoms with Crippen molar-refractivity contribution in [1.82, 2.24) is 19.6 Å². The van der Waals surface area contributed by atoms with Crippen LogP contribution in [0.2, 0.25) is 0 Å². The third-order valence-corrected chi connectivity index (χ3v) is 4.07. The van der Waals surface area contributed by atoms with E-state index in [1.165, 1.54) is 0 Å². The van der Waals surface area contributed by atoms with Crippen molar-refractivity contribution in [1.29, 1.82) is 0 Å². The monoisotopic (exact) mass is 356 g/mol. The zero-order chi connectivity index (χ0) is 18.8. The van der Waals surface area contributed by atoms with E-state index in [9.17, 15) is 4.79 Å². The van der Waals surface area contributed by atoms with Crippen molar-refractivity contribution in [3.8, 4) is 11.5 Å².